The number of benzene rings is 2. The predicted molar refractivity (Wildman–Crippen MR) is 82.4 cm³/mol. The zero-order valence-corrected chi connectivity index (χ0v) is 12.6. The highest BCUT2D eigenvalue weighted by Gasteiger charge is 2.30. The van der Waals surface area contributed by atoms with Gasteiger partial charge in [-0.25, -0.2) is 0 Å². The zero-order valence-electron chi connectivity index (χ0n) is 11.8. The van der Waals surface area contributed by atoms with E-state index >= 15 is 0 Å². The maximum absolute atomic E-state index is 12.2. The third-order valence-corrected chi connectivity index (χ3v) is 4.51. The number of aryl methyl sites for hydroxylation is 3. The van der Waals surface area contributed by atoms with Gasteiger partial charge >= 0.3 is 0 Å². The smallest absolute Gasteiger partial charge is 0.226 e. The summed E-state index contributed by atoms with van der Waals surface area (Å²) in [5.74, 6) is 0.681. The molecule has 1 unspecified atom stereocenters. The predicted octanol–water partition coefficient (Wildman–Crippen LogP) is 4.58. The first-order chi connectivity index (χ1) is 9.56. The van der Waals surface area contributed by atoms with Crippen LogP contribution >= 0.6 is 11.8 Å². The monoisotopic (exact) mass is 284 g/mol. The maximum atomic E-state index is 12.2. The summed E-state index contributed by atoms with van der Waals surface area (Å²) in [6.07, 6.45) is 0. The number of hydrogen-bond acceptors (Lipinski definition) is 3. The first-order valence-electron chi connectivity index (χ1n) is 6.60. The molecule has 0 aromatic heterocycles. The van der Waals surface area contributed by atoms with Gasteiger partial charge < -0.3 is 4.74 Å². The second kappa shape index (κ2) is 4.98. The molecule has 0 bridgehead atoms. The van der Waals surface area contributed by atoms with Gasteiger partial charge in [0.05, 0.1) is 5.56 Å². The maximum Gasteiger partial charge on any atom is 0.226 e. The lowest BCUT2D eigenvalue weighted by atomic mass is 10.0. The SMILES string of the molecule is Cc1cc(C)c(C2Oc3ccccc3C(=O)S2)c(C)c1. The number of carbonyl (C=O) groups is 1. The largest absolute Gasteiger partial charge is 0.474 e. The lowest BCUT2D eigenvalue weighted by Crippen LogP contribution is -2.16. The van der Waals surface area contributed by atoms with Crippen molar-refractivity contribution in [3.8, 4) is 5.75 Å². The summed E-state index contributed by atoms with van der Waals surface area (Å²) in [5.41, 5.74) is 5.10. The van der Waals surface area contributed by atoms with Crippen LogP contribution in [0.3, 0.4) is 0 Å². The Hall–Kier alpha value is -1.74. The Bertz CT molecular complexity index is 668. The molecule has 0 saturated heterocycles. The Morgan fingerprint density at radius 2 is 1.70 bits per heavy atom. The molecule has 0 spiro atoms. The Balaban J connectivity index is 2.04. The van der Waals surface area contributed by atoms with Crippen LogP contribution in [0.4, 0.5) is 0 Å². The van der Waals surface area contributed by atoms with Crippen LogP contribution in [0.5, 0.6) is 5.75 Å². The second-order valence-corrected chi connectivity index (χ2v) is 6.20. The second-order valence-electron chi connectivity index (χ2n) is 5.16. The summed E-state index contributed by atoms with van der Waals surface area (Å²) in [6, 6.07) is 11.7. The third-order valence-electron chi connectivity index (χ3n) is 3.53. The van der Waals surface area contributed by atoms with Crippen molar-refractivity contribution in [2.45, 2.75) is 26.2 Å². The van der Waals surface area contributed by atoms with E-state index in [2.05, 4.69) is 32.9 Å². The number of thioether (sulfide) groups is 1. The summed E-state index contributed by atoms with van der Waals surface area (Å²) < 4.78 is 6.03. The Labute approximate surface area is 123 Å². The van der Waals surface area contributed by atoms with E-state index in [9.17, 15) is 4.79 Å². The van der Waals surface area contributed by atoms with Crippen molar-refractivity contribution in [1.82, 2.24) is 0 Å². The van der Waals surface area contributed by atoms with E-state index in [1.807, 2.05) is 24.3 Å². The number of ether oxygens (including phenoxy) is 1. The van der Waals surface area contributed by atoms with Gasteiger partial charge in [-0.3, -0.25) is 4.79 Å². The molecule has 102 valence electrons. The summed E-state index contributed by atoms with van der Waals surface area (Å²) in [4.78, 5) is 12.2. The normalized spacial score (nSPS) is 17.6. The number of rotatable bonds is 1. The van der Waals surface area contributed by atoms with Gasteiger partial charge in [0.25, 0.3) is 0 Å². The van der Waals surface area contributed by atoms with Crippen molar-refractivity contribution in [3.05, 3.63) is 64.2 Å². The quantitative estimate of drug-likeness (QED) is 0.767. The van der Waals surface area contributed by atoms with Crippen LogP contribution < -0.4 is 4.74 Å². The standard InChI is InChI=1S/C17H16O2S/c1-10-8-11(2)15(12(3)9-10)17-19-14-7-5-4-6-13(14)16(18)20-17/h4-9,17H,1-3H3. The average molecular weight is 284 g/mol. The van der Waals surface area contributed by atoms with Crippen LogP contribution in [0.1, 0.15) is 38.0 Å². The topological polar surface area (TPSA) is 26.3 Å². The molecule has 2 aromatic rings. The molecule has 1 atom stereocenters. The molecule has 2 aromatic carbocycles. The average Bonchev–Trinajstić information content (AvgIpc) is 2.37. The fraction of sp³-hybridized carbons (Fsp3) is 0.235. The molecule has 20 heavy (non-hydrogen) atoms. The molecular formula is C17H16O2S. The lowest BCUT2D eigenvalue weighted by Gasteiger charge is -2.27. The van der Waals surface area contributed by atoms with Crippen molar-refractivity contribution in [2.24, 2.45) is 0 Å². The van der Waals surface area contributed by atoms with Crippen LogP contribution in [0, 0.1) is 20.8 Å². The van der Waals surface area contributed by atoms with Gasteiger partial charge in [0.1, 0.15) is 5.75 Å². The zero-order chi connectivity index (χ0) is 14.3. The van der Waals surface area contributed by atoms with Crippen molar-refractivity contribution < 1.29 is 9.53 Å². The van der Waals surface area contributed by atoms with Gasteiger partial charge in [0, 0.05) is 5.56 Å². The lowest BCUT2D eigenvalue weighted by molar-refractivity contribution is 0.107. The summed E-state index contributed by atoms with van der Waals surface area (Å²) >= 11 is 1.26. The van der Waals surface area contributed by atoms with Crippen LogP contribution in [-0.4, -0.2) is 5.12 Å². The Morgan fingerprint density at radius 3 is 2.40 bits per heavy atom. The van der Waals surface area contributed by atoms with E-state index in [0.29, 0.717) is 11.3 Å². The van der Waals surface area contributed by atoms with Gasteiger partial charge in [-0.05, 0) is 55.8 Å². The van der Waals surface area contributed by atoms with Crippen molar-refractivity contribution in [1.29, 1.82) is 0 Å². The molecule has 0 amide bonds. The van der Waals surface area contributed by atoms with Crippen molar-refractivity contribution >= 4 is 16.9 Å². The van der Waals surface area contributed by atoms with Gasteiger partial charge in [-0.1, -0.05) is 29.8 Å². The molecule has 1 aliphatic rings. The third kappa shape index (κ3) is 2.22. The molecule has 0 N–H and O–H groups in total. The molecule has 0 radical (unpaired) electrons. The number of hydrogen-bond donors (Lipinski definition) is 0. The molecule has 1 aliphatic heterocycles. The molecular weight excluding hydrogens is 268 g/mol. The molecule has 0 fully saturated rings. The highest BCUT2D eigenvalue weighted by molar-refractivity contribution is 8.14. The first kappa shape index (κ1) is 13.3. The van der Waals surface area contributed by atoms with E-state index in [-0.39, 0.29) is 10.6 Å². The van der Waals surface area contributed by atoms with E-state index in [1.54, 1.807) is 0 Å². The summed E-state index contributed by atoms with van der Waals surface area (Å²) in [7, 11) is 0. The molecule has 3 rings (SSSR count). The molecule has 3 heteroatoms. The van der Waals surface area contributed by atoms with Gasteiger partial charge in [-0.15, -0.1) is 0 Å². The summed E-state index contributed by atoms with van der Waals surface area (Å²) in [6.45, 7) is 6.23. The van der Waals surface area contributed by atoms with Gasteiger partial charge in [0.15, 0.2) is 5.44 Å². The van der Waals surface area contributed by atoms with Gasteiger partial charge in [-0.2, -0.15) is 0 Å². The van der Waals surface area contributed by atoms with Crippen LogP contribution in [0.25, 0.3) is 0 Å². The van der Waals surface area contributed by atoms with E-state index in [1.165, 1.54) is 28.5 Å². The van der Waals surface area contributed by atoms with Crippen LogP contribution in [-0.2, 0) is 0 Å². The molecule has 0 aliphatic carbocycles. The Morgan fingerprint density at radius 1 is 1.05 bits per heavy atom. The van der Waals surface area contributed by atoms with Gasteiger partial charge in [0.2, 0.25) is 5.12 Å². The number of carbonyl (C=O) groups excluding carboxylic acids is 1. The number of fused-ring (bicyclic) bond motifs is 1. The van der Waals surface area contributed by atoms with Crippen LogP contribution in [0.15, 0.2) is 36.4 Å². The molecule has 1 heterocycles. The highest BCUT2D eigenvalue weighted by Crippen LogP contribution is 2.43. The molecule has 2 nitrogen and oxygen atoms in total. The minimum absolute atomic E-state index is 0.0798. The van der Waals surface area contributed by atoms with Crippen molar-refractivity contribution in [2.75, 3.05) is 0 Å². The fourth-order valence-electron chi connectivity index (χ4n) is 2.72. The van der Waals surface area contributed by atoms with E-state index in [0.717, 1.165) is 5.56 Å². The van der Waals surface area contributed by atoms with E-state index in [4.69, 9.17) is 4.74 Å². The Kier molecular flexibility index (Phi) is 3.30. The van der Waals surface area contributed by atoms with Crippen molar-refractivity contribution in [3.63, 3.8) is 0 Å². The van der Waals surface area contributed by atoms with E-state index < -0.39 is 0 Å². The fourth-order valence-corrected chi connectivity index (χ4v) is 3.85. The molecule has 0 saturated carbocycles. The minimum Gasteiger partial charge on any atom is -0.474 e. The summed E-state index contributed by atoms with van der Waals surface area (Å²) in [5, 5.41) is 0.0798. The minimum atomic E-state index is -0.252. The first-order valence-corrected chi connectivity index (χ1v) is 7.48. The van der Waals surface area contributed by atoms with Crippen LogP contribution in [0.2, 0.25) is 0 Å². The highest BCUT2D eigenvalue weighted by atomic mass is 32.2. The number of para-hydroxylation sites is 1.